The highest BCUT2D eigenvalue weighted by Crippen LogP contribution is 2.28. The summed E-state index contributed by atoms with van der Waals surface area (Å²) in [6.07, 6.45) is 4.43. The summed E-state index contributed by atoms with van der Waals surface area (Å²) in [7, 11) is 1.65. The number of rotatable bonds is 13. The second-order valence-corrected chi connectivity index (χ2v) is 9.12. The summed E-state index contributed by atoms with van der Waals surface area (Å²) in [6.45, 7) is 5.48. The number of nitrogens with zero attached hydrogens (tertiary/aromatic N) is 2. The Morgan fingerprint density at radius 3 is 2.73 bits per heavy atom. The Hall–Kier alpha value is -3.77. The van der Waals surface area contributed by atoms with E-state index in [1.165, 1.54) is 0 Å². The lowest BCUT2D eigenvalue weighted by Crippen LogP contribution is -2.26. The van der Waals surface area contributed by atoms with Gasteiger partial charge in [-0.1, -0.05) is 54.1 Å². The van der Waals surface area contributed by atoms with Crippen molar-refractivity contribution in [3.05, 3.63) is 101 Å². The number of nitrogens with one attached hydrogen (secondary N) is 1. The van der Waals surface area contributed by atoms with Gasteiger partial charge >= 0.3 is 0 Å². The van der Waals surface area contributed by atoms with E-state index in [0.717, 1.165) is 47.2 Å². The minimum absolute atomic E-state index is 0.0388. The molecule has 0 aliphatic rings. The van der Waals surface area contributed by atoms with Crippen molar-refractivity contribution in [3.63, 3.8) is 0 Å². The molecule has 0 aliphatic carbocycles. The van der Waals surface area contributed by atoms with Gasteiger partial charge in [0.1, 0.15) is 12.4 Å². The van der Waals surface area contributed by atoms with Gasteiger partial charge in [-0.3, -0.25) is 4.79 Å². The fourth-order valence-corrected chi connectivity index (χ4v) is 4.49. The van der Waals surface area contributed by atoms with E-state index in [1.54, 1.807) is 13.2 Å². The number of amides is 1. The van der Waals surface area contributed by atoms with Crippen LogP contribution in [0.3, 0.4) is 0 Å². The Bertz CT molecular complexity index is 1370. The average molecular weight is 518 g/mol. The van der Waals surface area contributed by atoms with Gasteiger partial charge in [0, 0.05) is 18.0 Å². The van der Waals surface area contributed by atoms with Gasteiger partial charge in [0.25, 0.3) is 0 Å². The van der Waals surface area contributed by atoms with Crippen LogP contribution in [0, 0.1) is 0 Å². The molecule has 1 amide bonds. The lowest BCUT2D eigenvalue weighted by Gasteiger charge is -2.14. The standard InChI is InChI=1S/C30H32ClN3O3/c1-3-9-22-15-16-27(28(20-22)36-2)37-19-18-34-26-13-7-6-12-25(26)33-29(34)14-8-17-32-30(35)21-23-10-4-5-11-24(23)31/h3-7,10-13,15-16,20H,1,8-9,14,17-19,21H2,2H3,(H,32,35). The van der Waals surface area contributed by atoms with E-state index in [0.29, 0.717) is 36.2 Å². The average Bonchev–Trinajstić information content (AvgIpc) is 3.26. The summed E-state index contributed by atoms with van der Waals surface area (Å²) in [4.78, 5) is 17.2. The largest absolute Gasteiger partial charge is 0.493 e. The second kappa shape index (κ2) is 13.0. The number of ether oxygens (including phenoxy) is 2. The van der Waals surface area contributed by atoms with Gasteiger partial charge in [0.2, 0.25) is 5.91 Å². The SMILES string of the molecule is C=CCc1ccc(OCCn2c(CCCNC(=O)Cc3ccccc3Cl)nc3ccccc32)c(OC)c1. The molecule has 0 saturated heterocycles. The quantitative estimate of drug-likeness (QED) is 0.180. The van der Waals surface area contributed by atoms with Crippen molar-refractivity contribution in [2.75, 3.05) is 20.3 Å². The molecule has 0 aliphatic heterocycles. The maximum Gasteiger partial charge on any atom is 0.224 e. The number of benzene rings is 3. The minimum Gasteiger partial charge on any atom is -0.493 e. The number of fused-ring (bicyclic) bond motifs is 1. The van der Waals surface area contributed by atoms with Crippen molar-refractivity contribution in [1.82, 2.24) is 14.9 Å². The minimum atomic E-state index is -0.0388. The first kappa shape index (κ1) is 26.3. The zero-order chi connectivity index (χ0) is 26.0. The van der Waals surface area contributed by atoms with Crippen LogP contribution < -0.4 is 14.8 Å². The lowest BCUT2D eigenvalue weighted by molar-refractivity contribution is -0.120. The lowest BCUT2D eigenvalue weighted by atomic mass is 10.1. The number of halogens is 1. The smallest absolute Gasteiger partial charge is 0.224 e. The molecule has 37 heavy (non-hydrogen) atoms. The van der Waals surface area contributed by atoms with Crippen LogP contribution in [0.5, 0.6) is 11.5 Å². The normalized spacial score (nSPS) is 10.9. The molecule has 4 aromatic rings. The number of aromatic nitrogens is 2. The van der Waals surface area contributed by atoms with Crippen molar-refractivity contribution in [2.45, 2.75) is 32.2 Å². The molecule has 1 aromatic heterocycles. The summed E-state index contributed by atoms with van der Waals surface area (Å²) in [5.41, 5.74) is 3.97. The van der Waals surface area contributed by atoms with E-state index in [4.69, 9.17) is 26.1 Å². The molecule has 7 heteroatoms. The third-order valence-corrected chi connectivity index (χ3v) is 6.49. The molecule has 4 rings (SSSR count). The number of methoxy groups -OCH3 is 1. The first-order valence-electron chi connectivity index (χ1n) is 12.4. The predicted molar refractivity (Wildman–Crippen MR) is 149 cm³/mol. The Morgan fingerprint density at radius 1 is 1.11 bits per heavy atom. The van der Waals surface area contributed by atoms with Gasteiger partial charge in [-0.25, -0.2) is 4.98 Å². The van der Waals surface area contributed by atoms with E-state index in [9.17, 15) is 4.79 Å². The molecule has 0 spiro atoms. The van der Waals surface area contributed by atoms with Gasteiger partial charge in [-0.05, 0) is 54.3 Å². The van der Waals surface area contributed by atoms with Crippen LogP contribution >= 0.6 is 11.6 Å². The molecule has 0 saturated carbocycles. The van der Waals surface area contributed by atoms with E-state index in [2.05, 4.69) is 22.5 Å². The number of carbonyl (C=O) groups is 1. The van der Waals surface area contributed by atoms with Gasteiger partial charge < -0.3 is 19.4 Å². The number of allylic oxidation sites excluding steroid dienone is 1. The van der Waals surface area contributed by atoms with Crippen LogP contribution in [0.15, 0.2) is 79.4 Å². The first-order chi connectivity index (χ1) is 18.1. The molecule has 3 aromatic carbocycles. The number of imidazole rings is 1. The summed E-state index contributed by atoms with van der Waals surface area (Å²) in [5, 5.41) is 3.60. The fraction of sp³-hybridized carbons (Fsp3) is 0.267. The summed E-state index contributed by atoms with van der Waals surface area (Å²) < 4.78 is 13.8. The molecule has 192 valence electrons. The first-order valence-corrected chi connectivity index (χ1v) is 12.8. The van der Waals surface area contributed by atoms with Gasteiger partial charge in [0.05, 0.1) is 31.1 Å². The van der Waals surface area contributed by atoms with Gasteiger partial charge in [-0.2, -0.15) is 0 Å². The van der Waals surface area contributed by atoms with Crippen LogP contribution in [-0.2, 0) is 30.6 Å². The molecule has 6 nitrogen and oxygen atoms in total. The van der Waals surface area contributed by atoms with Crippen LogP contribution in [0.1, 0.15) is 23.4 Å². The molecular formula is C30H32ClN3O3. The van der Waals surface area contributed by atoms with Crippen LogP contribution in [0.4, 0.5) is 0 Å². The third-order valence-electron chi connectivity index (χ3n) is 6.12. The van der Waals surface area contributed by atoms with Crippen molar-refractivity contribution in [3.8, 4) is 11.5 Å². The molecule has 0 bridgehead atoms. The molecule has 0 radical (unpaired) electrons. The fourth-order valence-electron chi connectivity index (χ4n) is 4.29. The van der Waals surface area contributed by atoms with Crippen molar-refractivity contribution in [1.29, 1.82) is 0 Å². The van der Waals surface area contributed by atoms with Crippen molar-refractivity contribution in [2.24, 2.45) is 0 Å². The van der Waals surface area contributed by atoms with Crippen LogP contribution in [-0.4, -0.2) is 35.7 Å². The number of hydrogen-bond donors (Lipinski definition) is 1. The molecule has 1 heterocycles. The molecular weight excluding hydrogens is 486 g/mol. The number of hydrogen-bond acceptors (Lipinski definition) is 4. The van der Waals surface area contributed by atoms with Crippen molar-refractivity contribution < 1.29 is 14.3 Å². The topological polar surface area (TPSA) is 65.4 Å². The number of aryl methyl sites for hydroxylation is 1. The van der Waals surface area contributed by atoms with E-state index < -0.39 is 0 Å². The molecule has 0 fully saturated rings. The third kappa shape index (κ3) is 6.92. The summed E-state index contributed by atoms with van der Waals surface area (Å²) in [6, 6.07) is 21.5. The van der Waals surface area contributed by atoms with Crippen LogP contribution in [0.25, 0.3) is 11.0 Å². The Kier molecular flexibility index (Phi) is 9.22. The second-order valence-electron chi connectivity index (χ2n) is 8.72. The number of carbonyl (C=O) groups excluding carboxylic acids is 1. The van der Waals surface area contributed by atoms with E-state index in [-0.39, 0.29) is 12.3 Å². The van der Waals surface area contributed by atoms with Gasteiger partial charge in [0.15, 0.2) is 11.5 Å². The Morgan fingerprint density at radius 2 is 1.92 bits per heavy atom. The maximum absolute atomic E-state index is 12.3. The highest BCUT2D eigenvalue weighted by molar-refractivity contribution is 6.31. The predicted octanol–water partition coefficient (Wildman–Crippen LogP) is 5.80. The summed E-state index contributed by atoms with van der Waals surface area (Å²) in [5.74, 6) is 2.35. The highest BCUT2D eigenvalue weighted by atomic mass is 35.5. The summed E-state index contributed by atoms with van der Waals surface area (Å²) >= 11 is 6.17. The molecule has 0 atom stereocenters. The molecule has 0 unspecified atom stereocenters. The van der Waals surface area contributed by atoms with Crippen LogP contribution in [0.2, 0.25) is 5.02 Å². The van der Waals surface area contributed by atoms with E-state index in [1.807, 2.05) is 60.7 Å². The van der Waals surface area contributed by atoms with E-state index >= 15 is 0 Å². The van der Waals surface area contributed by atoms with Gasteiger partial charge in [-0.15, -0.1) is 6.58 Å². The monoisotopic (exact) mass is 517 g/mol. The Labute approximate surface area is 222 Å². The Balaban J connectivity index is 1.35. The maximum atomic E-state index is 12.3. The highest BCUT2D eigenvalue weighted by Gasteiger charge is 2.12. The zero-order valence-corrected chi connectivity index (χ0v) is 21.8. The zero-order valence-electron chi connectivity index (χ0n) is 21.1. The molecule has 1 N–H and O–H groups in total. The van der Waals surface area contributed by atoms with Crippen molar-refractivity contribution >= 4 is 28.5 Å². The number of para-hydroxylation sites is 2.